The number of Topliss-reactive ketones (excluding diaryl/α,β-unsaturated/α-hetero) is 1. The van der Waals surface area contributed by atoms with E-state index in [0.717, 1.165) is 0 Å². The molecular formula is C11H10FNO. The Labute approximate surface area is 82.0 Å². The van der Waals surface area contributed by atoms with Gasteiger partial charge in [0, 0.05) is 12.0 Å². The van der Waals surface area contributed by atoms with Crippen LogP contribution in [0.25, 0.3) is 0 Å². The maximum Gasteiger partial charge on any atom is 0.154 e. The third-order valence-electron chi connectivity index (χ3n) is 2.02. The van der Waals surface area contributed by atoms with Crippen molar-refractivity contribution in [2.75, 3.05) is 0 Å². The molecule has 0 aliphatic rings. The quantitative estimate of drug-likeness (QED) is 0.736. The normalized spacial score (nSPS) is 11.8. The van der Waals surface area contributed by atoms with Crippen molar-refractivity contribution >= 4 is 5.78 Å². The van der Waals surface area contributed by atoms with Crippen LogP contribution < -0.4 is 0 Å². The molecule has 0 radical (unpaired) electrons. The molecule has 0 bridgehead atoms. The Balaban J connectivity index is 3.09. The first-order chi connectivity index (χ1) is 6.70. The van der Waals surface area contributed by atoms with E-state index in [1.165, 1.54) is 18.2 Å². The Bertz CT molecular complexity index is 381. The number of ketones is 1. The molecule has 0 aliphatic heterocycles. The van der Waals surface area contributed by atoms with Crippen LogP contribution in [-0.2, 0) is 4.79 Å². The Hall–Kier alpha value is -1.69. The fourth-order valence-corrected chi connectivity index (χ4v) is 1.23. The third kappa shape index (κ3) is 1.97. The van der Waals surface area contributed by atoms with Gasteiger partial charge in [0.15, 0.2) is 5.78 Å². The fourth-order valence-electron chi connectivity index (χ4n) is 1.23. The van der Waals surface area contributed by atoms with Crippen LogP contribution in [0.15, 0.2) is 24.3 Å². The summed E-state index contributed by atoms with van der Waals surface area (Å²) in [4.78, 5) is 11.3. The predicted octanol–water partition coefficient (Wildman–Crippen LogP) is 2.41. The first-order valence-corrected chi connectivity index (χ1v) is 4.37. The highest BCUT2D eigenvalue weighted by Crippen LogP contribution is 2.20. The van der Waals surface area contributed by atoms with Gasteiger partial charge in [-0.05, 0) is 6.07 Å². The average molecular weight is 191 g/mol. The van der Waals surface area contributed by atoms with Crippen LogP contribution in [0.3, 0.4) is 0 Å². The van der Waals surface area contributed by atoms with E-state index in [9.17, 15) is 9.18 Å². The van der Waals surface area contributed by atoms with Crippen molar-refractivity contribution in [3.63, 3.8) is 0 Å². The molecule has 2 nitrogen and oxygen atoms in total. The van der Waals surface area contributed by atoms with Gasteiger partial charge in [-0.2, -0.15) is 5.26 Å². The molecule has 0 fully saturated rings. The number of hydrogen-bond donors (Lipinski definition) is 0. The summed E-state index contributed by atoms with van der Waals surface area (Å²) in [6.07, 6.45) is 0.243. The van der Waals surface area contributed by atoms with Gasteiger partial charge in [-0.3, -0.25) is 4.79 Å². The molecule has 1 rings (SSSR count). The summed E-state index contributed by atoms with van der Waals surface area (Å²) in [7, 11) is 0. The second-order valence-electron chi connectivity index (χ2n) is 2.90. The monoisotopic (exact) mass is 191 g/mol. The molecule has 0 N–H and O–H groups in total. The predicted molar refractivity (Wildman–Crippen MR) is 50.1 cm³/mol. The Morgan fingerprint density at radius 1 is 1.57 bits per heavy atom. The summed E-state index contributed by atoms with van der Waals surface area (Å²) in [5.74, 6) is -1.72. The smallest absolute Gasteiger partial charge is 0.154 e. The molecule has 1 unspecified atom stereocenters. The van der Waals surface area contributed by atoms with Crippen LogP contribution in [0.2, 0.25) is 0 Å². The minimum Gasteiger partial charge on any atom is -0.298 e. The Morgan fingerprint density at radius 3 is 2.71 bits per heavy atom. The Morgan fingerprint density at radius 2 is 2.21 bits per heavy atom. The van der Waals surface area contributed by atoms with E-state index in [2.05, 4.69) is 0 Å². The maximum atomic E-state index is 13.2. The van der Waals surface area contributed by atoms with E-state index >= 15 is 0 Å². The van der Waals surface area contributed by atoms with Crippen molar-refractivity contribution in [2.45, 2.75) is 19.3 Å². The van der Waals surface area contributed by atoms with Crippen molar-refractivity contribution in [1.82, 2.24) is 0 Å². The molecule has 1 aromatic carbocycles. The zero-order valence-corrected chi connectivity index (χ0v) is 7.83. The van der Waals surface area contributed by atoms with Crippen molar-refractivity contribution in [1.29, 1.82) is 5.26 Å². The molecule has 1 atom stereocenters. The van der Waals surface area contributed by atoms with E-state index in [-0.39, 0.29) is 17.8 Å². The second kappa shape index (κ2) is 4.52. The summed E-state index contributed by atoms with van der Waals surface area (Å²) in [6, 6.07) is 7.69. The van der Waals surface area contributed by atoms with E-state index < -0.39 is 11.7 Å². The van der Waals surface area contributed by atoms with Gasteiger partial charge in [0.05, 0.1) is 6.07 Å². The number of nitriles is 1. The lowest BCUT2D eigenvalue weighted by Crippen LogP contribution is -2.10. The maximum absolute atomic E-state index is 13.2. The average Bonchev–Trinajstić information content (AvgIpc) is 2.21. The van der Waals surface area contributed by atoms with Gasteiger partial charge in [-0.1, -0.05) is 25.1 Å². The van der Waals surface area contributed by atoms with Gasteiger partial charge in [-0.25, -0.2) is 4.39 Å². The lowest BCUT2D eigenvalue weighted by molar-refractivity contribution is -0.119. The van der Waals surface area contributed by atoms with Gasteiger partial charge in [0.25, 0.3) is 0 Å². The molecule has 0 heterocycles. The van der Waals surface area contributed by atoms with Crippen LogP contribution >= 0.6 is 0 Å². The largest absolute Gasteiger partial charge is 0.298 e. The minimum atomic E-state index is -0.971. The van der Waals surface area contributed by atoms with Crippen molar-refractivity contribution in [2.24, 2.45) is 0 Å². The van der Waals surface area contributed by atoms with E-state index in [1.807, 2.05) is 6.07 Å². The van der Waals surface area contributed by atoms with Crippen LogP contribution in [-0.4, -0.2) is 5.78 Å². The lowest BCUT2D eigenvalue weighted by Gasteiger charge is -2.07. The van der Waals surface area contributed by atoms with Crippen LogP contribution in [0.5, 0.6) is 0 Å². The number of rotatable bonds is 3. The molecule has 1 aromatic rings. The summed E-state index contributed by atoms with van der Waals surface area (Å²) in [5, 5.41) is 8.77. The van der Waals surface area contributed by atoms with Crippen LogP contribution in [0.4, 0.5) is 4.39 Å². The van der Waals surface area contributed by atoms with E-state index in [1.54, 1.807) is 13.0 Å². The van der Waals surface area contributed by atoms with Gasteiger partial charge in [0.2, 0.25) is 0 Å². The minimum absolute atomic E-state index is 0.168. The number of hydrogen-bond acceptors (Lipinski definition) is 2. The van der Waals surface area contributed by atoms with Gasteiger partial charge >= 0.3 is 0 Å². The Kier molecular flexibility index (Phi) is 3.35. The number of halogens is 1. The molecule has 0 saturated heterocycles. The summed E-state index contributed by atoms with van der Waals surface area (Å²) < 4.78 is 13.2. The molecule has 14 heavy (non-hydrogen) atoms. The highest BCUT2D eigenvalue weighted by atomic mass is 19.1. The molecule has 0 saturated carbocycles. The van der Waals surface area contributed by atoms with Gasteiger partial charge in [0.1, 0.15) is 11.7 Å². The zero-order chi connectivity index (χ0) is 10.6. The highest BCUT2D eigenvalue weighted by Gasteiger charge is 2.20. The van der Waals surface area contributed by atoms with E-state index in [0.29, 0.717) is 0 Å². The first kappa shape index (κ1) is 10.4. The number of carbonyl (C=O) groups excluding carboxylic acids is 1. The molecule has 0 aliphatic carbocycles. The molecule has 0 aromatic heterocycles. The van der Waals surface area contributed by atoms with Crippen molar-refractivity contribution in [3.8, 4) is 6.07 Å². The summed E-state index contributed by atoms with van der Waals surface area (Å²) in [5.41, 5.74) is 0.168. The van der Waals surface area contributed by atoms with Crippen LogP contribution in [0, 0.1) is 17.1 Å². The molecule has 3 heteroatoms. The van der Waals surface area contributed by atoms with E-state index in [4.69, 9.17) is 5.26 Å². The number of nitrogens with zero attached hydrogens (tertiary/aromatic N) is 1. The lowest BCUT2D eigenvalue weighted by atomic mass is 9.94. The third-order valence-corrected chi connectivity index (χ3v) is 2.02. The highest BCUT2D eigenvalue weighted by molar-refractivity contribution is 5.88. The number of benzene rings is 1. The fraction of sp³-hybridized carbons (Fsp3) is 0.273. The standard InChI is InChI=1S/C11H10FNO/c1-2-11(14)9(7-13)8-5-3-4-6-10(8)12/h3-6,9H,2H2,1H3. The summed E-state index contributed by atoms with van der Waals surface area (Å²) in [6.45, 7) is 1.66. The second-order valence-corrected chi connectivity index (χ2v) is 2.90. The topological polar surface area (TPSA) is 40.9 Å². The summed E-state index contributed by atoms with van der Waals surface area (Å²) >= 11 is 0. The molecular weight excluding hydrogens is 181 g/mol. The first-order valence-electron chi connectivity index (χ1n) is 4.37. The van der Waals surface area contributed by atoms with Crippen molar-refractivity contribution in [3.05, 3.63) is 35.6 Å². The van der Waals surface area contributed by atoms with Crippen LogP contribution in [0.1, 0.15) is 24.8 Å². The SMILES string of the molecule is CCC(=O)C(C#N)c1ccccc1F. The van der Waals surface area contributed by atoms with Gasteiger partial charge < -0.3 is 0 Å². The molecule has 0 spiro atoms. The molecule has 72 valence electrons. The zero-order valence-electron chi connectivity index (χ0n) is 7.83. The van der Waals surface area contributed by atoms with Gasteiger partial charge in [-0.15, -0.1) is 0 Å². The van der Waals surface area contributed by atoms with Crippen molar-refractivity contribution < 1.29 is 9.18 Å². The number of carbonyl (C=O) groups is 1. The molecule has 0 amide bonds.